The van der Waals surface area contributed by atoms with Crippen LogP contribution in [0.3, 0.4) is 0 Å². The summed E-state index contributed by atoms with van der Waals surface area (Å²) in [4.78, 5) is 4.39. The fourth-order valence-electron chi connectivity index (χ4n) is 3.58. The van der Waals surface area contributed by atoms with Crippen LogP contribution in [0.4, 0.5) is 0 Å². The summed E-state index contributed by atoms with van der Waals surface area (Å²) in [6, 6.07) is 0.500. The molecule has 3 heteroatoms. The first kappa shape index (κ1) is 11.3. The summed E-state index contributed by atoms with van der Waals surface area (Å²) in [6.45, 7) is 5.17. The largest absolute Gasteiger partial charge is 0.448 e. The quantitative estimate of drug-likeness (QED) is 0.870. The first-order chi connectivity index (χ1) is 8.24. The van der Waals surface area contributed by atoms with Crippen LogP contribution in [0.1, 0.15) is 56.9 Å². The summed E-state index contributed by atoms with van der Waals surface area (Å²) in [5.74, 6) is 3.65. The van der Waals surface area contributed by atoms with Gasteiger partial charge < -0.3 is 9.73 Å². The maximum absolute atomic E-state index is 5.68. The van der Waals surface area contributed by atoms with E-state index in [0.717, 1.165) is 24.1 Å². The second kappa shape index (κ2) is 4.45. The fraction of sp³-hybridized carbons (Fsp3) is 0.786. The summed E-state index contributed by atoms with van der Waals surface area (Å²) < 4.78 is 5.68. The molecule has 1 aromatic rings. The van der Waals surface area contributed by atoms with E-state index in [0.29, 0.717) is 12.0 Å². The van der Waals surface area contributed by atoms with Gasteiger partial charge in [-0.05, 0) is 31.1 Å². The van der Waals surface area contributed by atoms with Gasteiger partial charge in [0.15, 0.2) is 6.39 Å². The van der Waals surface area contributed by atoms with E-state index in [2.05, 4.69) is 24.1 Å². The van der Waals surface area contributed by atoms with Gasteiger partial charge in [-0.1, -0.05) is 20.3 Å². The van der Waals surface area contributed by atoms with Crippen LogP contribution in [0, 0.1) is 11.8 Å². The zero-order valence-electron chi connectivity index (χ0n) is 10.8. The molecular weight excluding hydrogens is 212 g/mol. The topological polar surface area (TPSA) is 38.1 Å². The smallest absolute Gasteiger partial charge is 0.181 e. The van der Waals surface area contributed by atoms with Gasteiger partial charge in [-0.15, -0.1) is 0 Å². The molecule has 17 heavy (non-hydrogen) atoms. The number of hydrogen-bond donors (Lipinski definition) is 1. The van der Waals surface area contributed by atoms with Crippen LogP contribution in [0.2, 0.25) is 0 Å². The lowest BCUT2D eigenvalue weighted by molar-refractivity contribution is 0.352. The van der Waals surface area contributed by atoms with Crippen LogP contribution in [0.5, 0.6) is 0 Å². The molecule has 0 aromatic carbocycles. The Morgan fingerprint density at radius 2 is 2.29 bits per heavy atom. The first-order valence-corrected chi connectivity index (χ1v) is 6.89. The van der Waals surface area contributed by atoms with Crippen LogP contribution < -0.4 is 5.32 Å². The molecule has 0 radical (unpaired) electrons. The Bertz CT molecular complexity index is 385. The molecule has 3 atom stereocenters. The van der Waals surface area contributed by atoms with E-state index < -0.39 is 0 Å². The van der Waals surface area contributed by atoms with Crippen LogP contribution in [0.25, 0.3) is 0 Å². The van der Waals surface area contributed by atoms with Crippen molar-refractivity contribution >= 4 is 0 Å². The van der Waals surface area contributed by atoms with E-state index in [1.165, 1.54) is 31.4 Å². The number of hydrogen-bond acceptors (Lipinski definition) is 3. The minimum Gasteiger partial charge on any atom is -0.448 e. The van der Waals surface area contributed by atoms with Crippen molar-refractivity contribution in [2.75, 3.05) is 0 Å². The van der Waals surface area contributed by atoms with Gasteiger partial charge in [-0.25, -0.2) is 4.98 Å². The third-order valence-corrected chi connectivity index (χ3v) is 4.43. The first-order valence-electron chi connectivity index (χ1n) is 6.89. The van der Waals surface area contributed by atoms with Crippen molar-refractivity contribution in [3.63, 3.8) is 0 Å². The summed E-state index contributed by atoms with van der Waals surface area (Å²) in [5.41, 5.74) is 1.14. The summed E-state index contributed by atoms with van der Waals surface area (Å²) in [6.07, 6.45) is 7.21. The molecule has 0 aliphatic heterocycles. The molecule has 3 unspecified atom stereocenters. The summed E-state index contributed by atoms with van der Waals surface area (Å²) in [5, 5.41) is 3.43. The number of fused-ring (bicyclic) bond motifs is 2. The Hall–Kier alpha value is -0.830. The molecule has 0 spiro atoms. The molecule has 2 bridgehead atoms. The lowest BCUT2D eigenvalue weighted by Gasteiger charge is -2.20. The Balaban J connectivity index is 1.72. The van der Waals surface area contributed by atoms with Crippen molar-refractivity contribution in [3.8, 4) is 0 Å². The van der Waals surface area contributed by atoms with Crippen LogP contribution in [-0.4, -0.2) is 11.0 Å². The molecule has 3 rings (SSSR count). The molecule has 0 saturated heterocycles. The van der Waals surface area contributed by atoms with Gasteiger partial charge >= 0.3 is 0 Å². The van der Waals surface area contributed by atoms with Crippen molar-refractivity contribution in [3.05, 3.63) is 17.8 Å². The normalized spacial score (nSPS) is 31.6. The highest BCUT2D eigenvalue weighted by Crippen LogP contribution is 2.53. The van der Waals surface area contributed by atoms with Gasteiger partial charge in [0.25, 0.3) is 0 Å². The van der Waals surface area contributed by atoms with Gasteiger partial charge in [0.05, 0.1) is 5.69 Å². The van der Waals surface area contributed by atoms with Crippen molar-refractivity contribution in [1.82, 2.24) is 10.3 Å². The van der Waals surface area contributed by atoms with E-state index >= 15 is 0 Å². The van der Waals surface area contributed by atoms with Gasteiger partial charge in [-0.2, -0.15) is 0 Å². The minimum absolute atomic E-state index is 0.500. The zero-order chi connectivity index (χ0) is 11.8. The predicted molar refractivity (Wildman–Crippen MR) is 66.7 cm³/mol. The van der Waals surface area contributed by atoms with Crippen LogP contribution in [-0.2, 0) is 6.54 Å². The molecule has 2 aliphatic rings. The average Bonchev–Trinajstić information content (AvgIpc) is 3.01. The number of oxazole rings is 1. The maximum atomic E-state index is 5.68. The van der Waals surface area contributed by atoms with E-state index in [9.17, 15) is 0 Å². The van der Waals surface area contributed by atoms with Gasteiger partial charge in [0, 0.05) is 18.5 Å². The molecule has 0 amide bonds. The third kappa shape index (κ3) is 2.13. The lowest BCUT2D eigenvalue weighted by atomic mass is 9.86. The van der Waals surface area contributed by atoms with E-state index in [1.54, 1.807) is 6.39 Å². The summed E-state index contributed by atoms with van der Waals surface area (Å²) >= 11 is 0. The Morgan fingerprint density at radius 3 is 2.94 bits per heavy atom. The molecule has 94 valence electrons. The molecule has 2 aliphatic carbocycles. The summed E-state index contributed by atoms with van der Waals surface area (Å²) in [7, 11) is 0. The maximum Gasteiger partial charge on any atom is 0.181 e. The zero-order valence-corrected chi connectivity index (χ0v) is 10.8. The molecule has 2 saturated carbocycles. The predicted octanol–water partition coefficient (Wildman–Crippen LogP) is 3.08. The van der Waals surface area contributed by atoms with Crippen LogP contribution >= 0.6 is 0 Å². The Labute approximate surface area is 103 Å². The molecule has 3 nitrogen and oxygen atoms in total. The van der Waals surface area contributed by atoms with E-state index in [4.69, 9.17) is 4.42 Å². The number of aromatic nitrogens is 1. The Morgan fingerprint density at radius 1 is 1.41 bits per heavy atom. The third-order valence-electron chi connectivity index (χ3n) is 4.43. The van der Waals surface area contributed by atoms with Gasteiger partial charge in [-0.3, -0.25) is 0 Å². The highest BCUT2D eigenvalue weighted by molar-refractivity contribution is 5.17. The SMILES string of the molecule is CC(C)NCc1ncoc1C1CC2CCC1C2. The molecule has 1 N–H and O–H groups in total. The monoisotopic (exact) mass is 234 g/mol. The molecule has 1 heterocycles. The van der Waals surface area contributed by atoms with Crippen molar-refractivity contribution in [2.24, 2.45) is 11.8 Å². The minimum atomic E-state index is 0.500. The second-order valence-electron chi connectivity index (χ2n) is 5.98. The molecule has 2 fully saturated rings. The molecular formula is C14H22N2O. The van der Waals surface area contributed by atoms with Gasteiger partial charge in [0.2, 0.25) is 0 Å². The lowest BCUT2D eigenvalue weighted by Crippen LogP contribution is -2.23. The molecule has 1 aromatic heterocycles. The second-order valence-corrected chi connectivity index (χ2v) is 5.98. The van der Waals surface area contributed by atoms with Crippen molar-refractivity contribution in [1.29, 1.82) is 0 Å². The van der Waals surface area contributed by atoms with Crippen molar-refractivity contribution in [2.45, 2.75) is 58.0 Å². The highest BCUT2D eigenvalue weighted by atomic mass is 16.3. The van der Waals surface area contributed by atoms with Crippen molar-refractivity contribution < 1.29 is 4.42 Å². The average molecular weight is 234 g/mol. The highest BCUT2D eigenvalue weighted by Gasteiger charge is 2.42. The van der Waals surface area contributed by atoms with Crippen LogP contribution in [0.15, 0.2) is 10.8 Å². The van der Waals surface area contributed by atoms with E-state index in [1.807, 2.05) is 0 Å². The van der Waals surface area contributed by atoms with E-state index in [-0.39, 0.29) is 0 Å². The number of nitrogens with one attached hydrogen (secondary N) is 1. The van der Waals surface area contributed by atoms with Gasteiger partial charge in [0.1, 0.15) is 5.76 Å². The standard InChI is InChI=1S/C14H22N2O/c1-9(2)15-7-13-14(17-8-16-13)12-6-10-3-4-11(12)5-10/h8-12,15H,3-7H2,1-2H3. The number of nitrogens with zero attached hydrogens (tertiary/aromatic N) is 1. The number of rotatable bonds is 4. The fourth-order valence-corrected chi connectivity index (χ4v) is 3.58. The Kier molecular flexibility index (Phi) is 2.95.